The highest BCUT2D eigenvalue weighted by Crippen LogP contribution is 2.31. The number of rotatable bonds is 5. The summed E-state index contributed by atoms with van der Waals surface area (Å²) >= 11 is 0. The summed E-state index contributed by atoms with van der Waals surface area (Å²) in [6.07, 6.45) is 5.64. The highest BCUT2D eigenvalue weighted by atomic mass is 16.1. The maximum atomic E-state index is 11.5. The van der Waals surface area contributed by atoms with Crippen LogP contribution >= 0.6 is 0 Å². The third-order valence-corrected chi connectivity index (χ3v) is 4.55. The van der Waals surface area contributed by atoms with Crippen molar-refractivity contribution < 1.29 is 4.79 Å². The summed E-state index contributed by atoms with van der Waals surface area (Å²) in [5, 5.41) is 6.53. The molecule has 1 aliphatic carbocycles. The van der Waals surface area contributed by atoms with E-state index in [4.69, 9.17) is 0 Å². The Hall–Kier alpha value is -1.51. The van der Waals surface area contributed by atoms with Gasteiger partial charge in [-0.1, -0.05) is 26.8 Å². The molecule has 1 amide bonds. The van der Waals surface area contributed by atoms with Crippen molar-refractivity contribution in [1.29, 1.82) is 0 Å². The number of anilines is 2. The van der Waals surface area contributed by atoms with Gasteiger partial charge in [-0.05, 0) is 55.7 Å². The number of benzene rings is 1. The van der Waals surface area contributed by atoms with Gasteiger partial charge in [-0.2, -0.15) is 0 Å². The summed E-state index contributed by atoms with van der Waals surface area (Å²) in [7, 11) is 0. The molecule has 1 aromatic rings. The summed E-state index contributed by atoms with van der Waals surface area (Å²) in [5.41, 5.74) is 1.99. The van der Waals surface area contributed by atoms with Crippen molar-refractivity contribution in [2.75, 3.05) is 10.6 Å². The highest BCUT2D eigenvalue weighted by molar-refractivity contribution is 5.90. The van der Waals surface area contributed by atoms with Gasteiger partial charge in [0.15, 0.2) is 0 Å². The Morgan fingerprint density at radius 1 is 1.19 bits per heavy atom. The van der Waals surface area contributed by atoms with E-state index >= 15 is 0 Å². The Bertz CT molecular complexity index is 462. The van der Waals surface area contributed by atoms with Crippen LogP contribution in [0.25, 0.3) is 0 Å². The van der Waals surface area contributed by atoms with Gasteiger partial charge < -0.3 is 10.6 Å². The van der Waals surface area contributed by atoms with E-state index in [9.17, 15) is 4.79 Å². The molecule has 0 aliphatic heterocycles. The lowest BCUT2D eigenvalue weighted by Crippen LogP contribution is -2.27. The zero-order valence-electron chi connectivity index (χ0n) is 13.5. The van der Waals surface area contributed by atoms with Gasteiger partial charge in [0.05, 0.1) is 0 Å². The quantitative estimate of drug-likeness (QED) is 0.827. The molecule has 1 aliphatic rings. The number of carbonyl (C=O) groups is 1. The van der Waals surface area contributed by atoms with Crippen LogP contribution in [0.3, 0.4) is 0 Å². The minimum Gasteiger partial charge on any atom is -0.382 e. The van der Waals surface area contributed by atoms with Gasteiger partial charge in [0, 0.05) is 23.8 Å². The van der Waals surface area contributed by atoms with Crippen LogP contribution in [0.1, 0.15) is 52.9 Å². The van der Waals surface area contributed by atoms with E-state index in [0.717, 1.165) is 23.2 Å². The SMILES string of the molecule is CCC(=O)Nc1cccc(NC2CCC(C(C)C)CC2)c1. The normalized spacial score (nSPS) is 22.1. The van der Waals surface area contributed by atoms with Crippen molar-refractivity contribution in [2.24, 2.45) is 11.8 Å². The van der Waals surface area contributed by atoms with Crippen molar-refractivity contribution in [1.82, 2.24) is 0 Å². The van der Waals surface area contributed by atoms with Gasteiger partial charge >= 0.3 is 0 Å². The molecular weight excluding hydrogens is 260 g/mol. The van der Waals surface area contributed by atoms with E-state index in [1.165, 1.54) is 25.7 Å². The standard InChI is InChI=1S/C18H28N2O/c1-4-18(21)20-17-7-5-6-16(12-17)19-15-10-8-14(9-11-15)13(2)3/h5-7,12-15,19H,4,8-11H2,1-3H3,(H,20,21). The van der Waals surface area contributed by atoms with Crippen LogP contribution in [0.5, 0.6) is 0 Å². The molecule has 3 nitrogen and oxygen atoms in total. The fraction of sp³-hybridized carbons (Fsp3) is 0.611. The lowest BCUT2D eigenvalue weighted by atomic mass is 9.79. The Labute approximate surface area is 128 Å². The predicted octanol–water partition coefficient (Wildman–Crippen LogP) is 4.66. The molecule has 2 N–H and O–H groups in total. The van der Waals surface area contributed by atoms with Crippen molar-refractivity contribution in [2.45, 2.75) is 58.9 Å². The summed E-state index contributed by atoms with van der Waals surface area (Å²) < 4.78 is 0. The second kappa shape index (κ2) is 7.48. The summed E-state index contributed by atoms with van der Waals surface area (Å²) in [6.45, 7) is 6.53. The Morgan fingerprint density at radius 2 is 1.86 bits per heavy atom. The summed E-state index contributed by atoms with van der Waals surface area (Å²) in [5.74, 6) is 1.75. The average molecular weight is 288 g/mol. The molecule has 1 aromatic carbocycles. The number of hydrogen-bond donors (Lipinski definition) is 2. The van der Waals surface area contributed by atoms with E-state index in [-0.39, 0.29) is 5.91 Å². The smallest absolute Gasteiger partial charge is 0.224 e. The van der Waals surface area contributed by atoms with E-state index in [1.54, 1.807) is 0 Å². The van der Waals surface area contributed by atoms with Gasteiger partial charge in [0.2, 0.25) is 5.91 Å². The lowest BCUT2D eigenvalue weighted by molar-refractivity contribution is -0.115. The van der Waals surface area contributed by atoms with Crippen LogP contribution < -0.4 is 10.6 Å². The van der Waals surface area contributed by atoms with Crippen LogP contribution in [-0.2, 0) is 4.79 Å². The zero-order chi connectivity index (χ0) is 15.2. The second-order valence-electron chi connectivity index (χ2n) is 6.48. The molecule has 2 rings (SSSR count). The molecule has 0 heterocycles. The van der Waals surface area contributed by atoms with Crippen LogP contribution in [0.2, 0.25) is 0 Å². The lowest BCUT2D eigenvalue weighted by Gasteiger charge is -2.32. The van der Waals surface area contributed by atoms with Gasteiger partial charge in [0.25, 0.3) is 0 Å². The van der Waals surface area contributed by atoms with Crippen molar-refractivity contribution in [3.05, 3.63) is 24.3 Å². The summed E-state index contributed by atoms with van der Waals surface area (Å²) in [6, 6.07) is 8.61. The first-order chi connectivity index (χ1) is 10.1. The van der Waals surface area contributed by atoms with E-state index in [0.29, 0.717) is 12.5 Å². The van der Waals surface area contributed by atoms with Crippen LogP contribution in [0.15, 0.2) is 24.3 Å². The predicted molar refractivity (Wildman–Crippen MR) is 89.6 cm³/mol. The number of carbonyl (C=O) groups excluding carboxylic acids is 1. The Balaban J connectivity index is 1.89. The molecule has 116 valence electrons. The van der Waals surface area contributed by atoms with E-state index in [1.807, 2.05) is 25.1 Å². The van der Waals surface area contributed by atoms with Crippen molar-refractivity contribution >= 4 is 17.3 Å². The molecule has 0 radical (unpaired) electrons. The first-order valence-electron chi connectivity index (χ1n) is 8.25. The molecule has 0 unspecified atom stereocenters. The zero-order valence-corrected chi connectivity index (χ0v) is 13.5. The minimum atomic E-state index is 0.0598. The van der Waals surface area contributed by atoms with E-state index < -0.39 is 0 Å². The topological polar surface area (TPSA) is 41.1 Å². The average Bonchev–Trinajstić information content (AvgIpc) is 2.48. The number of hydrogen-bond acceptors (Lipinski definition) is 2. The Kier molecular flexibility index (Phi) is 5.66. The van der Waals surface area contributed by atoms with Crippen LogP contribution in [-0.4, -0.2) is 11.9 Å². The highest BCUT2D eigenvalue weighted by Gasteiger charge is 2.22. The number of amides is 1. The third-order valence-electron chi connectivity index (χ3n) is 4.55. The second-order valence-corrected chi connectivity index (χ2v) is 6.48. The summed E-state index contributed by atoms with van der Waals surface area (Å²) in [4.78, 5) is 11.5. The van der Waals surface area contributed by atoms with Crippen LogP contribution in [0, 0.1) is 11.8 Å². The molecule has 0 saturated heterocycles. The molecule has 0 bridgehead atoms. The molecule has 3 heteroatoms. The molecule has 21 heavy (non-hydrogen) atoms. The molecular formula is C18H28N2O. The maximum absolute atomic E-state index is 11.5. The first kappa shape index (κ1) is 15.9. The molecule has 0 atom stereocenters. The Morgan fingerprint density at radius 3 is 2.48 bits per heavy atom. The molecule has 0 aromatic heterocycles. The fourth-order valence-electron chi connectivity index (χ4n) is 3.10. The van der Waals surface area contributed by atoms with Gasteiger partial charge in [-0.15, -0.1) is 0 Å². The molecule has 1 fully saturated rings. The van der Waals surface area contributed by atoms with E-state index in [2.05, 4.69) is 30.5 Å². The fourth-order valence-corrected chi connectivity index (χ4v) is 3.10. The maximum Gasteiger partial charge on any atom is 0.224 e. The largest absolute Gasteiger partial charge is 0.382 e. The first-order valence-corrected chi connectivity index (χ1v) is 8.25. The van der Waals surface area contributed by atoms with Gasteiger partial charge in [0.1, 0.15) is 0 Å². The monoisotopic (exact) mass is 288 g/mol. The van der Waals surface area contributed by atoms with Gasteiger partial charge in [-0.3, -0.25) is 4.79 Å². The van der Waals surface area contributed by atoms with Crippen molar-refractivity contribution in [3.63, 3.8) is 0 Å². The van der Waals surface area contributed by atoms with Crippen LogP contribution in [0.4, 0.5) is 11.4 Å². The number of nitrogens with one attached hydrogen (secondary N) is 2. The van der Waals surface area contributed by atoms with Gasteiger partial charge in [-0.25, -0.2) is 0 Å². The molecule has 1 saturated carbocycles. The minimum absolute atomic E-state index is 0.0598. The third kappa shape index (κ3) is 4.76. The van der Waals surface area contributed by atoms with Crippen molar-refractivity contribution in [3.8, 4) is 0 Å². The molecule has 0 spiro atoms.